The number of rotatable bonds is 10. The molecule has 0 aromatic heterocycles. The van der Waals surface area contributed by atoms with Crippen LogP contribution in [0, 0.1) is 0 Å². The van der Waals surface area contributed by atoms with E-state index in [2.05, 4.69) is 10.0 Å². The lowest BCUT2D eigenvalue weighted by atomic mass is 10.1. The van der Waals surface area contributed by atoms with Crippen LogP contribution < -0.4 is 14.8 Å². The highest BCUT2D eigenvalue weighted by Crippen LogP contribution is 2.26. The average molecular weight is 502 g/mol. The summed E-state index contributed by atoms with van der Waals surface area (Å²) in [7, 11) is -0.156. The molecule has 3 aromatic rings. The Hall–Kier alpha value is -3.07. The number of sulfonamides is 1. The van der Waals surface area contributed by atoms with Gasteiger partial charge in [0.25, 0.3) is 15.9 Å². The molecule has 0 saturated heterocycles. The highest BCUT2D eigenvalue weighted by atomic mass is 35.5. The number of carbonyl (C=O) groups excluding carboxylic acids is 1. The number of benzene rings is 3. The van der Waals surface area contributed by atoms with Gasteiger partial charge in [-0.25, -0.2) is 8.42 Å². The molecule has 34 heavy (non-hydrogen) atoms. The van der Waals surface area contributed by atoms with Crippen molar-refractivity contribution in [2.24, 2.45) is 0 Å². The average Bonchev–Trinajstić information content (AvgIpc) is 2.81. The summed E-state index contributed by atoms with van der Waals surface area (Å²) in [5, 5.41) is 2.91. The Balaban J connectivity index is 1.76. The molecule has 0 aliphatic carbocycles. The van der Waals surface area contributed by atoms with Gasteiger partial charge in [-0.1, -0.05) is 41.9 Å². The largest absolute Gasteiger partial charge is 0.494 e. The minimum absolute atomic E-state index is 0.0189. The third-order valence-electron chi connectivity index (χ3n) is 5.16. The van der Waals surface area contributed by atoms with Gasteiger partial charge in [0.05, 0.1) is 17.7 Å². The predicted octanol–water partition coefficient (Wildman–Crippen LogP) is 4.57. The van der Waals surface area contributed by atoms with E-state index >= 15 is 0 Å². The van der Waals surface area contributed by atoms with E-state index in [1.54, 1.807) is 24.3 Å². The number of ether oxygens (including phenoxy) is 1. The van der Waals surface area contributed by atoms with Crippen molar-refractivity contribution < 1.29 is 17.9 Å². The number of halogens is 1. The van der Waals surface area contributed by atoms with Gasteiger partial charge in [0, 0.05) is 17.8 Å². The summed E-state index contributed by atoms with van der Waals surface area (Å²) in [6.07, 6.45) is 0. The van der Waals surface area contributed by atoms with E-state index in [1.165, 1.54) is 18.2 Å². The number of nitrogens with one attached hydrogen (secondary N) is 2. The Labute approximate surface area is 205 Å². The first-order valence-electron chi connectivity index (χ1n) is 10.8. The van der Waals surface area contributed by atoms with E-state index in [4.69, 9.17) is 16.3 Å². The molecule has 0 aliphatic rings. The maximum absolute atomic E-state index is 13.0. The zero-order valence-corrected chi connectivity index (χ0v) is 20.9. The van der Waals surface area contributed by atoms with Gasteiger partial charge in [-0.05, 0) is 69.0 Å². The fourth-order valence-corrected chi connectivity index (χ4v) is 5.00. The molecule has 2 N–H and O–H groups in total. The molecule has 1 atom stereocenters. The maximum Gasteiger partial charge on any atom is 0.263 e. The number of carbonyl (C=O) groups is 1. The molecule has 180 valence electrons. The lowest BCUT2D eigenvalue weighted by molar-refractivity contribution is 0.0941. The van der Waals surface area contributed by atoms with Crippen LogP contribution in [0.3, 0.4) is 0 Å². The Morgan fingerprint density at radius 3 is 2.32 bits per heavy atom. The van der Waals surface area contributed by atoms with Crippen molar-refractivity contribution >= 4 is 33.2 Å². The van der Waals surface area contributed by atoms with Crippen molar-refractivity contribution in [2.45, 2.75) is 17.9 Å². The Kier molecular flexibility index (Phi) is 8.55. The van der Waals surface area contributed by atoms with Gasteiger partial charge in [-0.15, -0.1) is 0 Å². The van der Waals surface area contributed by atoms with Crippen molar-refractivity contribution in [3.63, 3.8) is 0 Å². The van der Waals surface area contributed by atoms with E-state index in [-0.39, 0.29) is 21.5 Å². The summed E-state index contributed by atoms with van der Waals surface area (Å²) in [6.45, 7) is 2.73. The monoisotopic (exact) mass is 501 g/mol. The summed E-state index contributed by atoms with van der Waals surface area (Å²) in [5.74, 6) is 0.241. The molecule has 0 aliphatic heterocycles. The first-order chi connectivity index (χ1) is 16.2. The maximum atomic E-state index is 13.0. The SMILES string of the molecule is CCOc1ccc(NS(=O)(=O)c2cc(C(=O)NCC(c3ccccc3)N(C)C)ccc2Cl)cc1. The molecule has 0 heterocycles. The summed E-state index contributed by atoms with van der Waals surface area (Å²) < 4.78 is 33.8. The summed E-state index contributed by atoms with van der Waals surface area (Å²) in [6, 6.07) is 20.5. The second-order valence-electron chi connectivity index (χ2n) is 7.81. The number of anilines is 1. The highest BCUT2D eigenvalue weighted by molar-refractivity contribution is 7.92. The van der Waals surface area contributed by atoms with Gasteiger partial charge in [0.2, 0.25) is 0 Å². The van der Waals surface area contributed by atoms with Crippen LogP contribution in [0.15, 0.2) is 77.7 Å². The van der Waals surface area contributed by atoms with E-state index in [1.807, 2.05) is 56.3 Å². The van der Waals surface area contributed by atoms with Crippen molar-refractivity contribution in [3.05, 3.63) is 88.9 Å². The molecule has 3 rings (SSSR count). The second kappa shape index (κ2) is 11.4. The van der Waals surface area contributed by atoms with Crippen LogP contribution in [0.2, 0.25) is 5.02 Å². The van der Waals surface area contributed by atoms with Crippen LogP contribution in [0.4, 0.5) is 5.69 Å². The lowest BCUT2D eigenvalue weighted by Gasteiger charge is -2.25. The molecular weight excluding hydrogens is 474 g/mol. The number of hydrogen-bond acceptors (Lipinski definition) is 5. The summed E-state index contributed by atoms with van der Waals surface area (Å²) in [5.41, 5.74) is 1.61. The molecule has 3 aromatic carbocycles. The third-order valence-corrected chi connectivity index (χ3v) is 7.03. The summed E-state index contributed by atoms with van der Waals surface area (Å²) >= 11 is 6.19. The Bertz CT molecular complexity index is 1220. The molecule has 7 nitrogen and oxygen atoms in total. The highest BCUT2D eigenvalue weighted by Gasteiger charge is 2.21. The van der Waals surface area contributed by atoms with E-state index in [9.17, 15) is 13.2 Å². The summed E-state index contributed by atoms with van der Waals surface area (Å²) in [4.78, 5) is 14.7. The van der Waals surface area contributed by atoms with Crippen LogP contribution in [-0.2, 0) is 10.0 Å². The molecule has 0 spiro atoms. The van der Waals surface area contributed by atoms with E-state index < -0.39 is 15.9 Å². The van der Waals surface area contributed by atoms with Crippen LogP contribution in [0.25, 0.3) is 0 Å². The van der Waals surface area contributed by atoms with Gasteiger partial charge >= 0.3 is 0 Å². The number of amides is 1. The number of nitrogens with zero attached hydrogens (tertiary/aromatic N) is 1. The van der Waals surface area contributed by atoms with Crippen molar-refractivity contribution in [1.29, 1.82) is 0 Å². The molecule has 0 radical (unpaired) electrons. The van der Waals surface area contributed by atoms with Gasteiger partial charge in [0.1, 0.15) is 10.6 Å². The lowest BCUT2D eigenvalue weighted by Crippen LogP contribution is -2.34. The zero-order chi connectivity index (χ0) is 24.7. The smallest absolute Gasteiger partial charge is 0.263 e. The molecule has 0 saturated carbocycles. The topological polar surface area (TPSA) is 87.7 Å². The first kappa shape index (κ1) is 25.6. The zero-order valence-electron chi connectivity index (χ0n) is 19.3. The van der Waals surface area contributed by atoms with Crippen molar-refractivity contribution in [1.82, 2.24) is 10.2 Å². The molecule has 0 bridgehead atoms. The fourth-order valence-electron chi connectivity index (χ4n) is 3.41. The van der Waals surface area contributed by atoms with Gasteiger partial charge < -0.3 is 15.0 Å². The third kappa shape index (κ3) is 6.50. The predicted molar refractivity (Wildman–Crippen MR) is 135 cm³/mol. The minimum atomic E-state index is -4.02. The van der Waals surface area contributed by atoms with E-state index in [0.29, 0.717) is 24.6 Å². The molecule has 1 unspecified atom stereocenters. The Morgan fingerprint density at radius 1 is 1.03 bits per heavy atom. The normalized spacial score (nSPS) is 12.3. The molecule has 9 heteroatoms. The van der Waals surface area contributed by atoms with Gasteiger partial charge in [-0.2, -0.15) is 0 Å². The number of likely N-dealkylation sites (N-methyl/N-ethyl adjacent to an activating group) is 1. The quantitative estimate of drug-likeness (QED) is 0.425. The van der Waals surface area contributed by atoms with Crippen molar-refractivity contribution in [3.8, 4) is 5.75 Å². The standard InChI is InChI=1S/C25H28ClN3O4S/c1-4-33-21-13-11-20(12-14-21)28-34(31,32)24-16-19(10-15-22(24)26)25(30)27-17-23(29(2)3)18-8-6-5-7-9-18/h5-16,23,28H,4,17H2,1-3H3,(H,27,30). The van der Waals surface area contributed by atoms with Crippen molar-refractivity contribution in [2.75, 3.05) is 32.0 Å². The molecular formula is C25H28ClN3O4S. The second-order valence-corrected chi connectivity index (χ2v) is 9.87. The van der Waals surface area contributed by atoms with Crippen LogP contribution in [0.1, 0.15) is 28.9 Å². The first-order valence-corrected chi connectivity index (χ1v) is 12.6. The van der Waals surface area contributed by atoms with Crippen LogP contribution >= 0.6 is 11.6 Å². The number of hydrogen-bond donors (Lipinski definition) is 2. The van der Waals surface area contributed by atoms with Gasteiger partial charge in [-0.3, -0.25) is 9.52 Å². The van der Waals surface area contributed by atoms with Crippen LogP contribution in [-0.4, -0.2) is 46.5 Å². The Morgan fingerprint density at radius 2 is 1.71 bits per heavy atom. The van der Waals surface area contributed by atoms with E-state index in [0.717, 1.165) is 5.56 Å². The molecule has 1 amide bonds. The van der Waals surface area contributed by atoms with Crippen LogP contribution in [0.5, 0.6) is 5.75 Å². The minimum Gasteiger partial charge on any atom is -0.494 e. The molecule has 0 fully saturated rings. The van der Waals surface area contributed by atoms with Gasteiger partial charge in [0.15, 0.2) is 0 Å². The fraction of sp³-hybridized carbons (Fsp3) is 0.240.